The molecule has 0 spiro atoms. The van der Waals surface area contributed by atoms with Gasteiger partial charge in [0.25, 0.3) is 11.7 Å². The van der Waals surface area contributed by atoms with Crippen LogP contribution in [0.3, 0.4) is 0 Å². The zero-order valence-electron chi connectivity index (χ0n) is 17.2. The van der Waals surface area contributed by atoms with Crippen molar-refractivity contribution in [2.45, 2.75) is 19.1 Å². The summed E-state index contributed by atoms with van der Waals surface area (Å²) in [6.07, 6.45) is -4.62. The molecule has 0 bridgehead atoms. The summed E-state index contributed by atoms with van der Waals surface area (Å²) in [5.74, 6) is -2.39. The van der Waals surface area contributed by atoms with Crippen LogP contribution in [-0.2, 0) is 15.8 Å². The highest BCUT2D eigenvalue weighted by molar-refractivity contribution is 9.10. The Kier molecular flexibility index (Phi) is 5.88. The van der Waals surface area contributed by atoms with Crippen LogP contribution in [0.4, 0.5) is 18.9 Å². The van der Waals surface area contributed by atoms with Crippen molar-refractivity contribution in [2.75, 3.05) is 4.90 Å². The van der Waals surface area contributed by atoms with Gasteiger partial charge in [-0.1, -0.05) is 64.0 Å². The lowest BCUT2D eigenvalue weighted by Crippen LogP contribution is -2.29. The first kappa shape index (κ1) is 22.8. The smallest absolute Gasteiger partial charge is 0.416 e. The van der Waals surface area contributed by atoms with Crippen molar-refractivity contribution in [1.29, 1.82) is 0 Å². The number of aryl methyl sites for hydroxylation is 1. The first-order valence-corrected chi connectivity index (χ1v) is 10.7. The van der Waals surface area contributed by atoms with Gasteiger partial charge in [0.15, 0.2) is 0 Å². The van der Waals surface area contributed by atoms with Crippen LogP contribution in [0.1, 0.15) is 28.3 Å². The number of benzene rings is 3. The largest absolute Gasteiger partial charge is 0.507 e. The molecular formula is C25H17BrF3NO3. The van der Waals surface area contributed by atoms with Crippen molar-refractivity contribution in [2.24, 2.45) is 0 Å². The summed E-state index contributed by atoms with van der Waals surface area (Å²) in [4.78, 5) is 27.1. The Morgan fingerprint density at radius 2 is 1.61 bits per heavy atom. The maximum atomic E-state index is 13.3. The van der Waals surface area contributed by atoms with Gasteiger partial charge in [-0.15, -0.1) is 0 Å². The number of anilines is 1. The van der Waals surface area contributed by atoms with E-state index in [2.05, 4.69) is 15.9 Å². The molecule has 1 saturated heterocycles. The molecule has 1 heterocycles. The minimum atomic E-state index is -4.62. The Morgan fingerprint density at radius 1 is 0.970 bits per heavy atom. The van der Waals surface area contributed by atoms with Crippen LogP contribution in [0.5, 0.6) is 0 Å². The van der Waals surface area contributed by atoms with Crippen LogP contribution in [0.25, 0.3) is 5.76 Å². The number of hydrogen-bond acceptors (Lipinski definition) is 3. The van der Waals surface area contributed by atoms with Crippen LogP contribution in [0.2, 0.25) is 0 Å². The molecule has 0 saturated carbocycles. The number of ketones is 1. The van der Waals surface area contributed by atoms with Crippen molar-refractivity contribution < 1.29 is 27.9 Å². The fourth-order valence-corrected chi connectivity index (χ4v) is 4.02. The maximum absolute atomic E-state index is 13.3. The first-order chi connectivity index (χ1) is 15.6. The molecule has 168 valence electrons. The SMILES string of the molecule is Cc1ccc(C2C(=C(O)c3ccc(Br)cc3)C(=O)C(=O)N2c2cccc(C(F)(F)F)c2)cc1. The number of carbonyl (C=O) groups is 2. The molecule has 4 nitrogen and oxygen atoms in total. The number of aliphatic hydroxyl groups is 1. The quantitative estimate of drug-likeness (QED) is 0.249. The highest BCUT2D eigenvalue weighted by atomic mass is 79.9. The minimum absolute atomic E-state index is 0.0904. The van der Waals surface area contributed by atoms with E-state index in [-0.39, 0.29) is 11.3 Å². The molecule has 3 aromatic carbocycles. The van der Waals surface area contributed by atoms with E-state index in [9.17, 15) is 27.9 Å². The Balaban J connectivity index is 1.94. The summed E-state index contributed by atoms with van der Waals surface area (Å²) in [6.45, 7) is 1.86. The summed E-state index contributed by atoms with van der Waals surface area (Å²) >= 11 is 3.30. The van der Waals surface area contributed by atoms with E-state index in [4.69, 9.17) is 0 Å². The molecule has 33 heavy (non-hydrogen) atoms. The van der Waals surface area contributed by atoms with Crippen LogP contribution in [0.15, 0.2) is 82.8 Å². The van der Waals surface area contributed by atoms with Crippen LogP contribution in [0, 0.1) is 6.92 Å². The van der Waals surface area contributed by atoms with Gasteiger partial charge in [-0.25, -0.2) is 0 Å². The number of nitrogens with zero attached hydrogens (tertiary/aromatic N) is 1. The van der Waals surface area contributed by atoms with Crippen molar-refractivity contribution in [3.63, 3.8) is 0 Å². The van der Waals surface area contributed by atoms with Gasteiger partial charge in [-0.05, 0) is 42.8 Å². The normalized spacial score (nSPS) is 18.1. The monoisotopic (exact) mass is 515 g/mol. The summed E-state index contributed by atoms with van der Waals surface area (Å²) in [6, 6.07) is 16.5. The average Bonchev–Trinajstić information content (AvgIpc) is 3.04. The van der Waals surface area contributed by atoms with Gasteiger partial charge in [-0.3, -0.25) is 14.5 Å². The molecule has 0 radical (unpaired) electrons. The lowest BCUT2D eigenvalue weighted by Gasteiger charge is -2.26. The number of rotatable bonds is 3. The lowest BCUT2D eigenvalue weighted by atomic mass is 9.94. The van der Waals surface area contributed by atoms with E-state index < -0.39 is 35.2 Å². The number of amides is 1. The van der Waals surface area contributed by atoms with Gasteiger partial charge in [0.05, 0.1) is 17.2 Å². The van der Waals surface area contributed by atoms with Gasteiger partial charge in [0.1, 0.15) is 5.76 Å². The number of carbonyl (C=O) groups excluding carboxylic acids is 2. The molecule has 1 amide bonds. The summed E-state index contributed by atoms with van der Waals surface area (Å²) in [5.41, 5.74) is 0.476. The standard InChI is InChI=1S/C25H17BrF3NO3/c1-14-5-7-15(8-6-14)21-20(22(31)16-9-11-18(26)12-10-16)23(32)24(33)30(21)19-4-2-3-17(13-19)25(27,28)29/h2-13,21,31H,1H3. The molecule has 4 rings (SSSR count). The molecule has 8 heteroatoms. The highest BCUT2D eigenvalue weighted by Gasteiger charge is 2.47. The molecule has 1 fully saturated rings. The number of alkyl halides is 3. The second kappa shape index (κ2) is 8.51. The van der Waals surface area contributed by atoms with Gasteiger partial charge < -0.3 is 5.11 Å². The van der Waals surface area contributed by atoms with E-state index in [1.54, 1.807) is 48.5 Å². The third kappa shape index (κ3) is 4.30. The fraction of sp³-hybridized carbons (Fsp3) is 0.120. The zero-order valence-corrected chi connectivity index (χ0v) is 18.8. The lowest BCUT2D eigenvalue weighted by molar-refractivity contribution is -0.137. The van der Waals surface area contributed by atoms with Crippen molar-refractivity contribution in [3.05, 3.63) is 105 Å². The zero-order chi connectivity index (χ0) is 23.9. The molecule has 1 aliphatic rings. The third-order valence-corrected chi connectivity index (χ3v) is 5.94. The predicted molar refractivity (Wildman–Crippen MR) is 122 cm³/mol. The summed E-state index contributed by atoms with van der Waals surface area (Å²) < 4.78 is 40.7. The molecule has 1 N–H and O–H groups in total. The van der Waals surface area contributed by atoms with Gasteiger partial charge in [0, 0.05) is 15.7 Å². The van der Waals surface area contributed by atoms with Crippen LogP contribution < -0.4 is 4.90 Å². The van der Waals surface area contributed by atoms with E-state index >= 15 is 0 Å². The Morgan fingerprint density at radius 3 is 2.21 bits per heavy atom. The van der Waals surface area contributed by atoms with Crippen LogP contribution >= 0.6 is 15.9 Å². The van der Waals surface area contributed by atoms with Crippen LogP contribution in [-0.4, -0.2) is 16.8 Å². The Labute approximate surface area is 196 Å². The predicted octanol–water partition coefficient (Wildman–Crippen LogP) is 6.40. The summed E-state index contributed by atoms with van der Waals surface area (Å²) in [5, 5.41) is 11.0. The maximum Gasteiger partial charge on any atom is 0.416 e. The van der Waals surface area contributed by atoms with Gasteiger partial charge in [0.2, 0.25) is 0 Å². The van der Waals surface area contributed by atoms with Crippen molar-refractivity contribution in [1.82, 2.24) is 0 Å². The topological polar surface area (TPSA) is 57.6 Å². The summed E-state index contributed by atoms with van der Waals surface area (Å²) in [7, 11) is 0. The van der Waals surface area contributed by atoms with E-state index in [0.29, 0.717) is 11.1 Å². The number of Topliss-reactive ketones (excluding diaryl/α,β-unsaturated/α-hetero) is 1. The van der Waals surface area contributed by atoms with Crippen molar-refractivity contribution in [3.8, 4) is 0 Å². The number of hydrogen-bond donors (Lipinski definition) is 1. The number of halogens is 4. The fourth-order valence-electron chi connectivity index (χ4n) is 3.76. The minimum Gasteiger partial charge on any atom is -0.507 e. The Hall–Kier alpha value is -3.39. The molecule has 1 unspecified atom stereocenters. The molecule has 1 atom stereocenters. The molecule has 0 aliphatic carbocycles. The second-order valence-corrected chi connectivity index (χ2v) is 8.55. The van der Waals surface area contributed by atoms with E-state index in [1.165, 1.54) is 12.1 Å². The highest BCUT2D eigenvalue weighted by Crippen LogP contribution is 2.43. The number of aliphatic hydroxyl groups excluding tert-OH is 1. The van der Waals surface area contributed by atoms with E-state index in [0.717, 1.165) is 27.1 Å². The van der Waals surface area contributed by atoms with Gasteiger partial charge in [-0.2, -0.15) is 13.2 Å². The third-order valence-electron chi connectivity index (χ3n) is 5.41. The first-order valence-electron chi connectivity index (χ1n) is 9.88. The molecule has 3 aromatic rings. The van der Waals surface area contributed by atoms with Gasteiger partial charge >= 0.3 is 6.18 Å². The Bertz CT molecular complexity index is 1270. The molecular weight excluding hydrogens is 499 g/mol. The molecule has 1 aliphatic heterocycles. The van der Waals surface area contributed by atoms with Crippen molar-refractivity contribution >= 4 is 39.1 Å². The molecule has 0 aromatic heterocycles. The average molecular weight is 516 g/mol. The second-order valence-electron chi connectivity index (χ2n) is 7.63. The van der Waals surface area contributed by atoms with E-state index in [1.807, 2.05) is 6.92 Å².